The summed E-state index contributed by atoms with van der Waals surface area (Å²) >= 11 is 1.02. The van der Waals surface area contributed by atoms with Crippen LogP contribution in [-0.4, -0.2) is 20.9 Å². The van der Waals surface area contributed by atoms with Gasteiger partial charge in [-0.15, -0.1) is 11.3 Å². The number of benzene rings is 1. The number of halogens is 1. The summed E-state index contributed by atoms with van der Waals surface area (Å²) in [5.41, 5.74) is 5.42. The molecule has 0 aliphatic rings. The summed E-state index contributed by atoms with van der Waals surface area (Å²) in [7, 11) is -3.90. The Bertz CT molecular complexity index is 815. The Morgan fingerprint density at radius 3 is 2.55 bits per heavy atom. The van der Waals surface area contributed by atoms with Gasteiger partial charge < -0.3 is 5.73 Å². The highest BCUT2D eigenvalue weighted by atomic mass is 32.2. The highest BCUT2D eigenvalue weighted by Gasteiger charge is 2.28. The molecule has 1 aromatic carbocycles. The first-order chi connectivity index (χ1) is 10.3. The average molecular weight is 342 g/mol. The number of sulfonamides is 1. The molecule has 0 saturated heterocycles. The van der Waals surface area contributed by atoms with Crippen molar-refractivity contribution in [3.8, 4) is 0 Å². The molecule has 2 aromatic rings. The van der Waals surface area contributed by atoms with Crippen LogP contribution in [0, 0.1) is 12.7 Å². The minimum atomic E-state index is -3.90. The van der Waals surface area contributed by atoms with Gasteiger partial charge in [0.05, 0.1) is 10.6 Å². The Hall–Kier alpha value is -1.93. The topological polar surface area (TPSA) is 80.5 Å². The summed E-state index contributed by atoms with van der Waals surface area (Å²) in [6.07, 6.45) is 0. The number of hydrogen-bond donors (Lipinski definition) is 1. The molecular formula is C14H15FN2O3S2. The van der Waals surface area contributed by atoms with E-state index in [-0.39, 0.29) is 22.0 Å². The largest absolute Gasteiger partial charge is 0.365 e. The molecule has 22 heavy (non-hydrogen) atoms. The first-order valence-electron chi connectivity index (χ1n) is 6.46. The van der Waals surface area contributed by atoms with Crippen LogP contribution >= 0.6 is 11.3 Å². The summed E-state index contributed by atoms with van der Waals surface area (Å²) in [4.78, 5) is 11.9. The molecule has 2 N–H and O–H groups in total. The molecule has 0 unspecified atom stereocenters. The van der Waals surface area contributed by atoms with Gasteiger partial charge in [0, 0.05) is 11.4 Å². The molecule has 2 rings (SSSR count). The normalized spacial score (nSPS) is 11.4. The third-order valence-corrected chi connectivity index (χ3v) is 6.29. The summed E-state index contributed by atoms with van der Waals surface area (Å²) in [5, 5.41) is 0. The number of thiophene rings is 1. The summed E-state index contributed by atoms with van der Waals surface area (Å²) in [6, 6.07) is 6.61. The van der Waals surface area contributed by atoms with Gasteiger partial charge in [0.1, 0.15) is 10.7 Å². The lowest BCUT2D eigenvalue weighted by molar-refractivity contribution is 0.100. The number of carbonyl (C=O) groups excluding carboxylic acids is 1. The van der Waals surface area contributed by atoms with E-state index in [1.165, 1.54) is 24.3 Å². The monoisotopic (exact) mass is 342 g/mol. The minimum Gasteiger partial charge on any atom is -0.365 e. The average Bonchev–Trinajstić information content (AvgIpc) is 2.82. The molecule has 1 aromatic heterocycles. The lowest BCUT2D eigenvalue weighted by Crippen LogP contribution is -2.31. The number of rotatable bonds is 5. The van der Waals surface area contributed by atoms with E-state index in [9.17, 15) is 17.6 Å². The quantitative estimate of drug-likeness (QED) is 0.906. The van der Waals surface area contributed by atoms with Gasteiger partial charge in [-0.2, -0.15) is 0 Å². The molecule has 118 valence electrons. The fraction of sp³-hybridized carbons (Fsp3) is 0.214. The van der Waals surface area contributed by atoms with E-state index in [1.54, 1.807) is 13.8 Å². The molecule has 5 nitrogen and oxygen atoms in total. The lowest BCUT2D eigenvalue weighted by atomic mass is 10.3. The van der Waals surface area contributed by atoms with Gasteiger partial charge in [-0.3, -0.25) is 9.10 Å². The van der Waals surface area contributed by atoms with Crippen LogP contribution in [-0.2, 0) is 10.0 Å². The van der Waals surface area contributed by atoms with Gasteiger partial charge in [0.15, 0.2) is 0 Å². The Labute approximate surface area is 132 Å². The van der Waals surface area contributed by atoms with Crippen molar-refractivity contribution in [2.45, 2.75) is 18.7 Å². The molecular weight excluding hydrogens is 327 g/mol. The number of aryl methyl sites for hydroxylation is 1. The molecule has 0 atom stereocenters. The zero-order valence-electron chi connectivity index (χ0n) is 12.0. The van der Waals surface area contributed by atoms with Crippen LogP contribution in [0.15, 0.2) is 35.2 Å². The van der Waals surface area contributed by atoms with Gasteiger partial charge in [-0.1, -0.05) is 6.07 Å². The van der Waals surface area contributed by atoms with Gasteiger partial charge in [-0.05, 0) is 38.1 Å². The van der Waals surface area contributed by atoms with Crippen LogP contribution in [0.1, 0.15) is 21.5 Å². The number of nitrogens with zero attached hydrogens (tertiary/aromatic N) is 1. The predicted molar refractivity (Wildman–Crippen MR) is 84.2 cm³/mol. The van der Waals surface area contributed by atoms with E-state index in [0.717, 1.165) is 21.7 Å². The molecule has 0 fully saturated rings. The molecule has 0 aliphatic heterocycles. The second-order valence-electron chi connectivity index (χ2n) is 4.55. The molecule has 0 radical (unpaired) electrons. The molecule has 0 saturated carbocycles. The van der Waals surface area contributed by atoms with Crippen molar-refractivity contribution in [2.24, 2.45) is 5.73 Å². The van der Waals surface area contributed by atoms with Gasteiger partial charge in [0.25, 0.3) is 15.9 Å². The Morgan fingerprint density at radius 2 is 2.05 bits per heavy atom. The smallest absolute Gasteiger partial charge is 0.265 e. The molecule has 0 aliphatic carbocycles. The van der Waals surface area contributed by atoms with Crippen molar-refractivity contribution in [3.63, 3.8) is 0 Å². The molecule has 1 heterocycles. The highest BCUT2D eigenvalue weighted by Crippen LogP contribution is 2.30. The third-order valence-electron chi connectivity index (χ3n) is 3.07. The van der Waals surface area contributed by atoms with Crippen molar-refractivity contribution in [3.05, 3.63) is 45.9 Å². The first-order valence-corrected chi connectivity index (χ1v) is 8.71. The van der Waals surface area contributed by atoms with Crippen molar-refractivity contribution in [1.29, 1.82) is 0 Å². The lowest BCUT2D eigenvalue weighted by Gasteiger charge is -2.22. The number of amides is 1. The third kappa shape index (κ3) is 2.97. The Morgan fingerprint density at radius 1 is 1.36 bits per heavy atom. The highest BCUT2D eigenvalue weighted by molar-refractivity contribution is 7.93. The van der Waals surface area contributed by atoms with Crippen molar-refractivity contribution in [2.75, 3.05) is 10.8 Å². The van der Waals surface area contributed by atoms with Crippen molar-refractivity contribution >= 4 is 33.0 Å². The maximum atomic E-state index is 13.4. The van der Waals surface area contributed by atoms with E-state index >= 15 is 0 Å². The van der Waals surface area contributed by atoms with Crippen molar-refractivity contribution in [1.82, 2.24) is 0 Å². The van der Waals surface area contributed by atoms with Crippen LogP contribution in [0.2, 0.25) is 0 Å². The van der Waals surface area contributed by atoms with E-state index < -0.39 is 21.7 Å². The minimum absolute atomic E-state index is 0.0115. The molecule has 0 spiro atoms. The number of anilines is 1. The van der Waals surface area contributed by atoms with Crippen LogP contribution in [0.5, 0.6) is 0 Å². The van der Waals surface area contributed by atoms with E-state index in [2.05, 4.69) is 0 Å². The summed E-state index contributed by atoms with van der Waals surface area (Å²) in [5.74, 6) is -1.20. The number of primary amides is 1. The van der Waals surface area contributed by atoms with Crippen LogP contribution in [0.3, 0.4) is 0 Å². The van der Waals surface area contributed by atoms with E-state index in [4.69, 9.17) is 5.73 Å². The van der Waals surface area contributed by atoms with Crippen LogP contribution in [0.25, 0.3) is 0 Å². The fourth-order valence-electron chi connectivity index (χ4n) is 2.08. The Kier molecular flexibility index (Phi) is 4.52. The summed E-state index contributed by atoms with van der Waals surface area (Å²) in [6.45, 7) is 3.38. The van der Waals surface area contributed by atoms with Crippen LogP contribution < -0.4 is 10.0 Å². The molecule has 0 bridgehead atoms. The fourth-order valence-corrected chi connectivity index (χ4v) is 4.96. The molecule has 1 amide bonds. The maximum absolute atomic E-state index is 13.4. The molecule has 8 heteroatoms. The van der Waals surface area contributed by atoms with E-state index in [1.807, 2.05) is 0 Å². The van der Waals surface area contributed by atoms with Crippen LogP contribution in [0.4, 0.5) is 10.1 Å². The number of carbonyl (C=O) groups is 1. The second kappa shape index (κ2) is 6.05. The van der Waals surface area contributed by atoms with Gasteiger partial charge in [-0.25, -0.2) is 12.8 Å². The van der Waals surface area contributed by atoms with Crippen molar-refractivity contribution < 1.29 is 17.6 Å². The van der Waals surface area contributed by atoms with E-state index in [0.29, 0.717) is 4.88 Å². The SMILES string of the molecule is CCN(c1cccc(F)c1)S(=O)(=O)c1cc(C(N)=O)sc1C. The second-order valence-corrected chi connectivity index (χ2v) is 7.63. The predicted octanol–water partition coefficient (Wildman–Crippen LogP) is 2.51. The number of hydrogen-bond acceptors (Lipinski definition) is 4. The number of nitrogens with two attached hydrogens (primary N) is 1. The van der Waals surface area contributed by atoms with Gasteiger partial charge in [0.2, 0.25) is 0 Å². The summed E-state index contributed by atoms with van der Waals surface area (Å²) < 4.78 is 40.0. The van der Waals surface area contributed by atoms with Gasteiger partial charge >= 0.3 is 0 Å². The maximum Gasteiger partial charge on any atom is 0.265 e. The zero-order valence-corrected chi connectivity index (χ0v) is 13.7. The zero-order chi connectivity index (χ0) is 16.5. The first kappa shape index (κ1) is 16.4. The standard InChI is InChI=1S/C14H15FN2O3S2/c1-3-17(11-6-4-5-10(15)7-11)22(19,20)13-8-12(14(16)18)21-9(13)2/h4-8H,3H2,1-2H3,(H2,16,18). The Balaban J connectivity index is 2.54.